The third-order valence-corrected chi connectivity index (χ3v) is 3.24. The van der Waals surface area contributed by atoms with Gasteiger partial charge < -0.3 is 14.8 Å². The number of benzene rings is 1. The van der Waals surface area contributed by atoms with Crippen LogP contribution in [0.15, 0.2) is 18.2 Å². The number of rotatable bonds is 4. The van der Waals surface area contributed by atoms with E-state index in [4.69, 9.17) is 9.47 Å². The lowest BCUT2D eigenvalue weighted by atomic mass is 9.98. The quantitative estimate of drug-likeness (QED) is 0.846. The highest BCUT2D eigenvalue weighted by atomic mass is 16.5. The maximum absolute atomic E-state index is 12.0. The summed E-state index contributed by atoms with van der Waals surface area (Å²) in [7, 11) is 1.75. The molecule has 1 atom stereocenters. The summed E-state index contributed by atoms with van der Waals surface area (Å²) in [4.78, 5) is 12.0. The molecule has 0 amide bonds. The van der Waals surface area contributed by atoms with Gasteiger partial charge in [0.15, 0.2) is 0 Å². The Bertz CT molecular complexity index is 482. The number of para-hydroxylation sites is 1. The van der Waals surface area contributed by atoms with Crippen molar-refractivity contribution < 1.29 is 14.3 Å². The van der Waals surface area contributed by atoms with E-state index < -0.39 is 6.04 Å². The SMILES string of the molecule is CCOC(=O)C(NC)c1cccc2c1OC(C)(C)C2. The van der Waals surface area contributed by atoms with Gasteiger partial charge in [0.25, 0.3) is 0 Å². The van der Waals surface area contributed by atoms with E-state index in [1.807, 2.05) is 18.2 Å². The van der Waals surface area contributed by atoms with Gasteiger partial charge in [0.05, 0.1) is 6.61 Å². The van der Waals surface area contributed by atoms with Crippen LogP contribution in [0.25, 0.3) is 0 Å². The van der Waals surface area contributed by atoms with Crippen molar-refractivity contribution in [2.45, 2.75) is 38.8 Å². The fourth-order valence-corrected chi connectivity index (χ4v) is 2.49. The number of fused-ring (bicyclic) bond motifs is 1. The molecule has 1 aliphatic heterocycles. The van der Waals surface area contributed by atoms with Crippen molar-refractivity contribution >= 4 is 5.97 Å². The molecule has 1 heterocycles. The van der Waals surface area contributed by atoms with Gasteiger partial charge in [-0.05, 0) is 33.4 Å². The van der Waals surface area contributed by atoms with E-state index in [1.54, 1.807) is 14.0 Å². The number of nitrogens with one attached hydrogen (secondary N) is 1. The molecule has 1 aromatic carbocycles. The van der Waals surface area contributed by atoms with Gasteiger partial charge in [-0.2, -0.15) is 0 Å². The van der Waals surface area contributed by atoms with Crippen LogP contribution >= 0.6 is 0 Å². The van der Waals surface area contributed by atoms with Crippen molar-refractivity contribution in [3.8, 4) is 5.75 Å². The maximum atomic E-state index is 12.0. The molecule has 0 aromatic heterocycles. The molecule has 4 nitrogen and oxygen atoms in total. The third-order valence-electron chi connectivity index (χ3n) is 3.24. The van der Waals surface area contributed by atoms with Gasteiger partial charge in [0.2, 0.25) is 0 Å². The average Bonchev–Trinajstić information content (AvgIpc) is 2.65. The zero-order valence-corrected chi connectivity index (χ0v) is 11.9. The zero-order valence-electron chi connectivity index (χ0n) is 11.9. The molecule has 0 aliphatic carbocycles. The van der Waals surface area contributed by atoms with Crippen LogP contribution < -0.4 is 10.1 Å². The summed E-state index contributed by atoms with van der Waals surface area (Å²) in [5.74, 6) is 0.548. The Balaban J connectivity index is 2.36. The Morgan fingerprint density at radius 3 is 2.89 bits per heavy atom. The minimum absolute atomic E-state index is 0.217. The number of likely N-dealkylation sites (N-methyl/N-ethyl adjacent to an activating group) is 1. The van der Waals surface area contributed by atoms with Crippen molar-refractivity contribution in [1.29, 1.82) is 0 Å². The molecular weight excluding hydrogens is 242 g/mol. The standard InChI is InChI=1S/C15H21NO3/c1-5-18-14(17)12(16-4)11-8-6-7-10-9-15(2,3)19-13(10)11/h6-8,12,16H,5,9H2,1-4H3. The molecule has 1 N–H and O–H groups in total. The largest absolute Gasteiger partial charge is 0.487 e. The van der Waals surface area contributed by atoms with E-state index in [1.165, 1.54) is 0 Å². The molecule has 0 saturated heterocycles. The minimum Gasteiger partial charge on any atom is -0.487 e. The van der Waals surface area contributed by atoms with E-state index in [2.05, 4.69) is 19.2 Å². The van der Waals surface area contributed by atoms with Crippen molar-refractivity contribution in [3.63, 3.8) is 0 Å². The van der Waals surface area contributed by atoms with E-state index in [-0.39, 0.29) is 11.6 Å². The number of hydrogen-bond acceptors (Lipinski definition) is 4. The highest BCUT2D eigenvalue weighted by Crippen LogP contribution is 2.40. The van der Waals surface area contributed by atoms with Crippen LogP contribution in [-0.4, -0.2) is 25.2 Å². The summed E-state index contributed by atoms with van der Waals surface area (Å²) in [6, 6.07) is 5.44. The van der Waals surface area contributed by atoms with Gasteiger partial charge in [0, 0.05) is 12.0 Å². The van der Waals surface area contributed by atoms with Crippen LogP contribution in [-0.2, 0) is 16.0 Å². The van der Waals surface area contributed by atoms with Gasteiger partial charge in [-0.3, -0.25) is 0 Å². The van der Waals surface area contributed by atoms with Crippen molar-refractivity contribution in [2.24, 2.45) is 0 Å². The summed E-state index contributed by atoms with van der Waals surface area (Å²) >= 11 is 0. The Morgan fingerprint density at radius 2 is 2.26 bits per heavy atom. The van der Waals surface area contributed by atoms with Gasteiger partial charge in [0.1, 0.15) is 17.4 Å². The van der Waals surface area contributed by atoms with Gasteiger partial charge >= 0.3 is 5.97 Å². The first-order valence-corrected chi connectivity index (χ1v) is 6.63. The highest BCUT2D eigenvalue weighted by molar-refractivity contribution is 5.79. The topological polar surface area (TPSA) is 47.6 Å². The Hall–Kier alpha value is -1.55. The third kappa shape index (κ3) is 2.73. The first kappa shape index (κ1) is 13.9. The summed E-state index contributed by atoms with van der Waals surface area (Å²) in [5.41, 5.74) is 1.78. The minimum atomic E-state index is -0.483. The van der Waals surface area contributed by atoms with Crippen molar-refractivity contribution in [1.82, 2.24) is 5.32 Å². The summed E-state index contributed by atoms with van der Waals surface area (Å²) in [6.45, 7) is 6.28. The fourth-order valence-electron chi connectivity index (χ4n) is 2.49. The molecule has 1 aromatic rings. The number of carbonyl (C=O) groups is 1. The number of carbonyl (C=O) groups excluding carboxylic acids is 1. The number of hydrogen-bond donors (Lipinski definition) is 1. The number of ether oxygens (including phenoxy) is 2. The second kappa shape index (κ2) is 5.21. The monoisotopic (exact) mass is 263 g/mol. The molecule has 4 heteroatoms. The molecule has 1 unspecified atom stereocenters. The molecule has 19 heavy (non-hydrogen) atoms. The van der Waals surface area contributed by atoms with Crippen molar-refractivity contribution in [2.75, 3.05) is 13.7 Å². The number of esters is 1. The average molecular weight is 263 g/mol. The summed E-state index contributed by atoms with van der Waals surface area (Å²) in [5, 5.41) is 3.01. The smallest absolute Gasteiger partial charge is 0.327 e. The molecule has 104 valence electrons. The molecule has 0 spiro atoms. The van der Waals surface area contributed by atoms with Gasteiger partial charge in [-0.1, -0.05) is 18.2 Å². The van der Waals surface area contributed by atoms with Crippen LogP contribution in [0.1, 0.15) is 37.9 Å². The molecular formula is C15H21NO3. The summed E-state index contributed by atoms with van der Waals surface area (Å²) < 4.78 is 11.1. The molecule has 0 bridgehead atoms. The lowest BCUT2D eigenvalue weighted by Crippen LogP contribution is -2.29. The van der Waals surface area contributed by atoms with Crippen LogP contribution in [0.4, 0.5) is 0 Å². The first-order valence-electron chi connectivity index (χ1n) is 6.63. The van der Waals surface area contributed by atoms with Crippen LogP contribution in [0.2, 0.25) is 0 Å². The molecule has 0 fully saturated rings. The first-order chi connectivity index (χ1) is 8.98. The second-order valence-corrected chi connectivity index (χ2v) is 5.35. The Labute approximate surface area is 114 Å². The predicted molar refractivity (Wildman–Crippen MR) is 73.3 cm³/mol. The lowest BCUT2D eigenvalue weighted by molar-refractivity contribution is -0.145. The summed E-state index contributed by atoms with van der Waals surface area (Å²) in [6.07, 6.45) is 0.857. The predicted octanol–water partition coefficient (Wildman–Crippen LogP) is 2.22. The van der Waals surface area contributed by atoms with Gasteiger partial charge in [-0.15, -0.1) is 0 Å². The Morgan fingerprint density at radius 1 is 1.53 bits per heavy atom. The van der Waals surface area contributed by atoms with Crippen LogP contribution in [0, 0.1) is 0 Å². The Kier molecular flexibility index (Phi) is 3.80. The fraction of sp³-hybridized carbons (Fsp3) is 0.533. The highest BCUT2D eigenvalue weighted by Gasteiger charge is 2.34. The molecule has 2 rings (SSSR count). The van der Waals surface area contributed by atoms with E-state index >= 15 is 0 Å². The maximum Gasteiger partial charge on any atom is 0.327 e. The van der Waals surface area contributed by atoms with Crippen LogP contribution in [0.3, 0.4) is 0 Å². The van der Waals surface area contributed by atoms with E-state index in [9.17, 15) is 4.79 Å². The molecule has 0 saturated carbocycles. The zero-order chi connectivity index (χ0) is 14.0. The van der Waals surface area contributed by atoms with E-state index in [0.29, 0.717) is 6.61 Å². The lowest BCUT2D eigenvalue weighted by Gasteiger charge is -2.21. The van der Waals surface area contributed by atoms with Crippen molar-refractivity contribution in [3.05, 3.63) is 29.3 Å². The second-order valence-electron chi connectivity index (χ2n) is 5.35. The molecule has 0 radical (unpaired) electrons. The van der Waals surface area contributed by atoms with Crippen LogP contribution in [0.5, 0.6) is 5.75 Å². The van der Waals surface area contributed by atoms with Gasteiger partial charge in [-0.25, -0.2) is 4.79 Å². The molecule has 1 aliphatic rings. The normalized spacial score (nSPS) is 17.5. The van der Waals surface area contributed by atoms with E-state index in [0.717, 1.165) is 23.3 Å².